The number of hydrogen-bond acceptors (Lipinski definition) is 2. The van der Waals surface area contributed by atoms with Crippen molar-refractivity contribution >= 4 is 12.0 Å². The monoisotopic (exact) mass is 296 g/mol. The normalized spacial score (nSPS) is 33.5. The highest BCUT2D eigenvalue weighted by Crippen LogP contribution is 2.33. The van der Waals surface area contributed by atoms with Gasteiger partial charge < -0.3 is 15.3 Å². The van der Waals surface area contributed by atoms with Crippen LogP contribution in [0.1, 0.15) is 46.0 Å². The van der Waals surface area contributed by atoms with Gasteiger partial charge in [0.2, 0.25) is 0 Å². The molecule has 1 aliphatic carbocycles. The summed E-state index contributed by atoms with van der Waals surface area (Å²) in [7, 11) is 0. The summed E-state index contributed by atoms with van der Waals surface area (Å²) in [5.41, 5.74) is 0. The lowest BCUT2D eigenvalue weighted by atomic mass is 9.74. The highest BCUT2D eigenvalue weighted by molar-refractivity contribution is 5.76. The minimum atomic E-state index is -0.790. The molecule has 1 heterocycles. The summed E-state index contributed by atoms with van der Waals surface area (Å²) >= 11 is 0. The number of aliphatic carboxylic acids is 1. The van der Waals surface area contributed by atoms with Crippen molar-refractivity contribution in [3.05, 3.63) is 0 Å². The average Bonchev–Trinajstić information content (AvgIpc) is 2.48. The second-order valence-electron chi connectivity index (χ2n) is 6.84. The second kappa shape index (κ2) is 7.14. The summed E-state index contributed by atoms with van der Waals surface area (Å²) in [6, 6.07) is -0.0913. The van der Waals surface area contributed by atoms with Crippen molar-refractivity contribution in [2.75, 3.05) is 19.6 Å². The van der Waals surface area contributed by atoms with E-state index in [1.54, 1.807) is 4.90 Å². The summed E-state index contributed by atoms with van der Waals surface area (Å²) in [5.74, 6) is 0.734. The zero-order valence-electron chi connectivity index (χ0n) is 13.2. The number of nitrogens with one attached hydrogen (secondary N) is 1. The van der Waals surface area contributed by atoms with Crippen LogP contribution >= 0.6 is 0 Å². The number of nitrogens with zero attached hydrogens (tertiary/aromatic N) is 1. The molecular weight excluding hydrogens is 268 g/mol. The lowest BCUT2D eigenvalue weighted by Crippen LogP contribution is -2.48. The highest BCUT2D eigenvalue weighted by Gasteiger charge is 2.30. The zero-order valence-corrected chi connectivity index (χ0v) is 13.2. The molecule has 120 valence electrons. The molecule has 0 bridgehead atoms. The van der Waals surface area contributed by atoms with E-state index in [2.05, 4.69) is 19.2 Å². The molecule has 0 aromatic heterocycles. The van der Waals surface area contributed by atoms with Gasteiger partial charge >= 0.3 is 12.0 Å². The highest BCUT2D eigenvalue weighted by atomic mass is 16.4. The van der Waals surface area contributed by atoms with E-state index < -0.39 is 11.9 Å². The van der Waals surface area contributed by atoms with Gasteiger partial charge in [-0.25, -0.2) is 4.79 Å². The van der Waals surface area contributed by atoms with E-state index in [-0.39, 0.29) is 6.03 Å². The quantitative estimate of drug-likeness (QED) is 0.841. The third kappa shape index (κ3) is 4.11. The number of likely N-dealkylation sites (tertiary alicyclic amines) is 1. The smallest absolute Gasteiger partial charge is 0.317 e. The van der Waals surface area contributed by atoms with Gasteiger partial charge in [0, 0.05) is 19.6 Å². The first-order valence-electron chi connectivity index (χ1n) is 8.24. The minimum Gasteiger partial charge on any atom is -0.481 e. The number of carboxylic acid groups (broad SMARTS) is 1. The molecule has 1 aliphatic heterocycles. The van der Waals surface area contributed by atoms with Crippen molar-refractivity contribution < 1.29 is 14.7 Å². The van der Waals surface area contributed by atoms with Crippen molar-refractivity contribution in [2.45, 2.75) is 46.0 Å². The van der Waals surface area contributed by atoms with Crippen LogP contribution in [0.15, 0.2) is 0 Å². The Morgan fingerprint density at radius 1 is 1.19 bits per heavy atom. The molecule has 21 heavy (non-hydrogen) atoms. The molecule has 4 atom stereocenters. The predicted octanol–water partition coefficient (Wildman–Crippen LogP) is 2.56. The van der Waals surface area contributed by atoms with E-state index in [4.69, 9.17) is 5.11 Å². The summed E-state index contributed by atoms with van der Waals surface area (Å²) in [5, 5.41) is 12.1. The second-order valence-corrected chi connectivity index (χ2v) is 6.84. The summed E-state index contributed by atoms with van der Waals surface area (Å²) in [6.07, 6.45) is 5.18. The Kier molecular flexibility index (Phi) is 5.48. The number of carbonyl (C=O) groups excluding carboxylic acids is 1. The van der Waals surface area contributed by atoms with Crippen LogP contribution < -0.4 is 5.32 Å². The average molecular weight is 296 g/mol. The molecule has 0 aromatic carbocycles. The number of carbonyl (C=O) groups is 2. The molecule has 5 heteroatoms. The van der Waals surface area contributed by atoms with Crippen LogP contribution in [-0.4, -0.2) is 41.6 Å². The van der Waals surface area contributed by atoms with Crippen molar-refractivity contribution in [2.24, 2.45) is 23.7 Å². The molecule has 5 nitrogen and oxygen atoms in total. The molecule has 4 unspecified atom stereocenters. The van der Waals surface area contributed by atoms with Crippen molar-refractivity contribution in [3.63, 3.8) is 0 Å². The van der Waals surface area contributed by atoms with Crippen LogP contribution in [0.4, 0.5) is 4.79 Å². The maximum atomic E-state index is 12.2. The minimum absolute atomic E-state index is 0.0913. The lowest BCUT2D eigenvalue weighted by molar-refractivity contribution is -0.143. The van der Waals surface area contributed by atoms with Crippen molar-refractivity contribution in [3.8, 4) is 0 Å². The molecule has 1 saturated heterocycles. The van der Waals surface area contributed by atoms with Gasteiger partial charge in [-0.3, -0.25) is 4.79 Å². The standard InChI is InChI=1S/C16H28N2O3/c1-11-5-3-6-13(12(11)2)9-17-16(21)18-8-4-7-14(10-18)15(19)20/h11-14H,3-10H2,1-2H3,(H,17,21)(H,19,20). The molecular formula is C16H28N2O3. The van der Waals surface area contributed by atoms with Gasteiger partial charge in [0.1, 0.15) is 0 Å². The molecule has 2 N–H and O–H groups in total. The fourth-order valence-electron chi connectivity index (χ4n) is 3.67. The number of hydrogen-bond donors (Lipinski definition) is 2. The first-order chi connectivity index (χ1) is 9.99. The van der Waals surface area contributed by atoms with Gasteiger partial charge in [-0.1, -0.05) is 26.7 Å². The Hall–Kier alpha value is -1.26. The third-order valence-electron chi connectivity index (χ3n) is 5.45. The fraction of sp³-hybridized carbons (Fsp3) is 0.875. The Labute approximate surface area is 127 Å². The fourth-order valence-corrected chi connectivity index (χ4v) is 3.67. The van der Waals surface area contributed by atoms with Crippen molar-refractivity contribution in [1.82, 2.24) is 10.2 Å². The van der Waals surface area contributed by atoms with Crippen LogP contribution in [0.5, 0.6) is 0 Å². The Morgan fingerprint density at radius 3 is 2.67 bits per heavy atom. The van der Waals surface area contributed by atoms with E-state index in [9.17, 15) is 9.59 Å². The molecule has 2 rings (SSSR count). The van der Waals surface area contributed by atoms with Crippen molar-refractivity contribution in [1.29, 1.82) is 0 Å². The Balaban J connectivity index is 1.80. The Morgan fingerprint density at radius 2 is 1.95 bits per heavy atom. The molecule has 1 saturated carbocycles. The van der Waals surface area contributed by atoms with Gasteiger partial charge in [-0.05, 0) is 37.0 Å². The van der Waals surface area contributed by atoms with E-state index >= 15 is 0 Å². The van der Waals surface area contributed by atoms with Gasteiger partial charge in [0.25, 0.3) is 0 Å². The number of rotatable bonds is 3. The number of urea groups is 1. The van der Waals surface area contributed by atoms with E-state index in [1.165, 1.54) is 19.3 Å². The SMILES string of the molecule is CC1CCCC(CNC(=O)N2CCCC(C(=O)O)C2)C1C. The lowest BCUT2D eigenvalue weighted by Gasteiger charge is -2.35. The van der Waals surface area contributed by atoms with E-state index in [0.717, 1.165) is 18.9 Å². The summed E-state index contributed by atoms with van der Waals surface area (Å²) in [4.78, 5) is 24.9. The maximum Gasteiger partial charge on any atom is 0.317 e. The summed E-state index contributed by atoms with van der Waals surface area (Å²) < 4.78 is 0. The first kappa shape index (κ1) is 16.1. The summed E-state index contributed by atoms with van der Waals surface area (Å²) in [6.45, 7) is 6.31. The maximum absolute atomic E-state index is 12.2. The third-order valence-corrected chi connectivity index (χ3v) is 5.45. The topological polar surface area (TPSA) is 69.6 Å². The largest absolute Gasteiger partial charge is 0.481 e. The van der Waals surface area contributed by atoms with Crippen LogP contribution in [0, 0.1) is 23.7 Å². The van der Waals surface area contributed by atoms with Gasteiger partial charge in [0.15, 0.2) is 0 Å². The van der Waals surface area contributed by atoms with Crippen LogP contribution in [-0.2, 0) is 4.79 Å². The van der Waals surface area contributed by atoms with Gasteiger partial charge in [-0.2, -0.15) is 0 Å². The predicted molar refractivity (Wildman–Crippen MR) is 81.0 cm³/mol. The molecule has 0 radical (unpaired) electrons. The molecule has 0 aromatic rings. The van der Waals surface area contributed by atoms with Crippen LogP contribution in [0.3, 0.4) is 0 Å². The first-order valence-corrected chi connectivity index (χ1v) is 8.24. The number of amides is 2. The Bertz CT molecular complexity index is 386. The molecule has 0 spiro atoms. The zero-order chi connectivity index (χ0) is 15.4. The molecule has 2 aliphatic rings. The molecule has 2 amide bonds. The molecule has 2 fully saturated rings. The number of piperidine rings is 1. The van der Waals surface area contributed by atoms with E-state index in [1.807, 2.05) is 0 Å². The van der Waals surface area contributed by atoms with E-state index in [0.29, 0.717) is 31.3 Å². The number of carboxylic acids is 1. The van der Waals surface area contributed by atoms with Crippen LogP contribution in [0.25, 0.3) is 0 Å². The van der Waals surface area contributed by atoms with Gasteiger partial charge in [-0.15, -0.1) is 0 Å². The van der Waals surface area contributed by atoms with Crippen LogP contribution in [0.2, 0.25) is 0 Å². The van der Waals surface area contributed by atoms with Gasteiger partial charge in [0.05, 0.1) is 5.92 Å².